The zero-order valence-electron chi connectivity index (χ0n) is 17.3. The number of benzene rings is 1. The highest BCUT2D eigenvalue weighted by atomic mass is 31.2. The van der Waals surface area contributed by atoms with E-state index in [1.54, 1.807) is 12.1 Å². The minimum Gasteiger partial charge on any atom is -0.479 e. The SMILES string of the molecule is CC1Oc2ccc(Nc3nc(NC(C)(C)C)ncc3F)cc2N(COP(=O)(O)O)C1=O. The van der Waals surface area contributed by atoms with Crippen LogP contribution in [0.25, 0.3) is 0 Å². The smallest absolute Gasteiger partial charge is 0.471 e. The summed E-state index contributed by atoms with van der Waals surface area (Å²) in [4.78, 5) is 39.5. The van der Waals surface area contributed by atoms with Gasteiger partial charge in [0.1, 0.15) is 12.5 Å². The molecule has 1 aromatic carbocycles. The van der Waals surface area contributed by atoms with E-state index in [4.69, 9.17) is 14.5 Å². The van der Waals surface area contributed by atoms with Crippen LogP contribution in [0.1, 0.15) is 27.7 Å². The second-order valence-corrected chi connectivity index (χ2v) is 9.09. The number of aromatic nitrogens is 2. The molecule has 0 spiro atoms. The number of carbonyl (C=O) groups excluding carboxylic acids is 1. The Balaban J connectivity index is 1.90. The highest BCUT2D eigenvalue weighted by Gasteiger charge is 2.33. The summed E-state index contributed by atoms with van der Waals surface area (Å²) in [5.41, 5.74) is 0.212. The van der Waals surface area contributed by atoms with Crippen molar-refractivity contribution in [3.8, 4) is 5.75 Å². The Hall–Kier alpha value is -2.79. The van der Waals surface area contributed by atoms with Gasteiger partial charge in [-0.15, -0.1) is 0 Å². The fraction of sp³-hybridized carbons (Fsp3) is 0.389. The number of amides is 1. The first kappa shape index (κ1) is 22.9. The zero-order valence-corrected chi connectivity index (χ0v) is 18.2. The average molecular weight is 455 g/mol. The topological polar surface area (TPSA) is 146 Å². The molecule has 0 saturated carbocycles. The van der Waals surface area contributed by atoms with Gasteiger partial charge in [-0.1, -0.05) is 0 Å². The normalized spacial score (nSPS) is 16.5. The number of carbonyl (C=O) groups is 1. The van der Waals surface area contributed by atoms with Crippen molar-refractivity contribution in [3.63, 3.8) is 0 Å². The fourth-order valence-corrected chi connectivity index (χ4v) is 3.00. The molecular weight excluding hydrogens is 432 g/mol. The molecule has 0 fully saturated rings. The van der Waals surface area contributed by atoms with Gasteiger partial charge in [0, 0.05) is 11.2 Å². The lowest BCUT2D eigenvalue weighted by molar-refractivity contribution is -0.126. The van der Waals surface area contributed by atoms with Gasteiger partial charge in [0.2, 0.25) is 5.95 Å². The van der Waals surface area contributed by atoms with Crippen molar-refractivity contribution >= 4 is 36.9 Å². The van der Waals surface area contributed by atoms with Crippen LogP contribution in [0, 0.1) is 5.82 Å². The summed E-state index contributed by atoms with van der Waals surface area (Å²) in [6.45, 7) is 6.53. The molecule has 4 N–H and O–H groups in total. The van der Waals surface area contributed by atoms with Crippen molar-refractivity contribution in [3.05, 3.63) is 30.2 Å². The van der Waals surface area contributed by atoms with Crippen LogP contribution in [-0.4, -0.2) is 44.0 Å². The molecule has 1 unspecified atom stereocenters. The van der Waals surface area contributed by atoms with Crippen molar-refractivity contribution in [2.24, 2.45) is 0 Å². The molecule has 0 bridgehead atoms. The summed E-state index contributed by atoms with van der Waals surface area (Å²) in [7, 11) is -4.81. The molecule has 168 valence electrons. The molecule has 31 heavy (non-hydrogen) atoms. The van der Waals surface area contributed by atoms with Crippen molar-refractivity contribution in [1.29, 1.82) is 0 Å². The van der Waals surface area contributed by atoms with E-state index in [0.29, 0.717) is 11.4 Å². The maximum atomic E-state index is 14.3. The van der Waals surface area contributed by atoms with Crippen molar-refractivity contribution < 1.29 is 32.8 Å². The lowest BCUT2D eigenvalue weighted by atomic mass is 10.1. The Morgan fingerprint density at radius 2 is 2.06 bits per heavy atom. The number of phosphoric ester groups is 1. The van der Waals surface area contributed by atoms with Gasteiger partial charge in [0.15, 0.2) is 17.7 Å². The molecule has 2 aromatic rings. The van der Waals surface area contributed by atoms with Gasteiger partial charge in [-0.3, -0.25) is 14.2 Å². The molecule has 0 aliphatic carbocycles. The third kappa shape index (κ3) is 5.88. The maximum Gasteiger partial charge on any atom is 0.471 e. The Labute approximate surface area is 177 Å². The molecule has 2 heterocycles. The average Bonchev–Trinajstić information content (AvgIpc) is 2.63. The lowest BCUT2D eigenvalue weighted by Gasteiger charge is -2.33. The second-order valence-electron chi connectivity index (χ2n) is 7.85. The first-order valence-corrected chi connectivity index (χ1v) is 10.8. The number of hydrogen-bond donors (Lipinski definition) is 4. The van der Waals surface area contributed by atoms with Crippen LogP contribution in [0.15, 0.2) is 24.4 Å². The van der Waals surface area contributed by atoms with E-state index in [1.807, 2.05) is 20.8 Å². The minimum absolute atomic E-state index is 0.101. The number of phosphoric acid groups is 1. The van der Waals surface area contributed by atoms with Gasteiger partial charge in [0.05, 0.1) is 11.9 Å². The Morgan fingerprint density at radius 1 is 1.35 bits per heavy atom. The number of nitrogens with one attached hydrogen (secondary N) is 2. The highest BCUT2D eigenvalue weighted by Crippen LogP contribution is 2.40. The number of nitrogens with zero attached hydrogens (tertiary/aromatic N) is 3. The van der Waals surface area contributed by atoms with Crippen LogP contribution < -0.4 is 20.3 Å². The van der Waals surface area contributed by atoms with E-state index >= 15 is 0 Å². The second kappa shape index (κ2) is 8.39. The summed E-state index contributed by atoms with van der Waals surface area (Å²) < 4.78 is 35.4. The third-order valence-electron chi connectivity index (χ3n) is 4.02. The highest BCUT2D eigenvalue weighted by molar-refractivity contribution is 7.46. The summed E-state index contributed by atoms with van der Waals surface area (Å²) in [5.74, 6) is -0.831. The predicted molar refractivity (Wildman–Crippen MR) is 111 cm³/mol. The van der Waals surface area contributed by atoms with Crippen LogP contribution in [-0.2, 0) is 13.9 Å². The van der Waals surface area contributed by atoms with Crippen LogP contribution in [0.2, 0.25) is 0 Å². The van der Waals surface area contributed by atoms with Crippen LogP contribution in [0.5, 0.6) is 5.75 Å². The van der Waals surface area contributed by atoms with Gasteiger partial charge in [-0.05, 0) is 45.9 Å². The number of ether oxygens (including phenoxy) is 1. The fourth-order valence-electron chi connectivity index (χ4n) is 2.74. The number of anilines is 4. The molecule has 13 heteroatoms. The molecule has 1 amide bonds. The molecule has 3 rings (SSSR count). The Bertz CT molecular complexity index is 1040. The maximum absolute atomic E-state index is 14.3. The van der Waals surface area contributed by atoms with Crippen LogP contribution >= 0.6 is 7.82 Å². The summed E-state index contributed by atoms with van der Waals surface area (Å²) >= 11 is 0. The number of halogens is 1. The largest absolute Gasteiger partial charge is 0.479 e. The molecule has 0 saturated heterocycles. The molecule has 0 radical (unpaired) electrons. The number of rotatable bonds is 6. The van der Waals surface area contributed by atoms with Gasteiger partial charge >= 0.3 is 7.82 Å². The van der Waals surface area contributed by atoms with Gasteiger partial charge in [0.25, 0.3) is 5.91 Å². The molecule has 1 aliphatic rings. The van der Waals surface area contributed by atoms with E-state index in [1.165, 1.54) is 13.0 Å². The minimum atomic E-state index is -4.81. The molecular formula is C18H23FN5O6P. The van der Waals surface area contributed by atoms with E-state index in [0.717, 1.165) is 11.1 Å². The van der Waals surface area contributed by atoms with Crippen LogP contribution in [0.3, 0.4) is 0 Å². The predicted octanol–water partition coefficient (Wildman–Crippen LogP) is 2.75. The van der Waals surface area contributed by atoms with Crippen molar-refractivity contribution in [2.75, 3.05) is 22.3 Å². The molecule has 1 atom stereocenters. The zero-order chi connectivity index (χ0) is 23.0. The lowest BCUT2D eigenvalue weighted by Crippen LogP contribution is -2.45. The van der Waals surface area contributed by atoms with Gasteiger partial charge in [-0.2, -0.15) is 4.98 Å². The van der Waals surface area contributed by atoms with E-state index in [9.17, 15) is 13.8 Å². The molecule has 11 nitrogen and oxygen atoms in total. The standard InChI is InChI=1S/C18H23FN5O6P/c1-10-16(25)24(9-29-31(26,27)28)13-7-11(5-6-14(13)30-10)21-15-12(19)8-20-17(22-15)23-18(2,3)4/h5-8,10H,9H2,1-4H3,(H2,26,27,28)(H2,20,21,22,23). The molecule has 1 aromatic heterocycles. The van der Waals surface area contributed by atoms with Crippen molar-refractivity contribution in [1.82, 2.24) is 9.97 Å². The van der Waals surface area contributed by atoms with E-state index < -0.39 is 32.4 Å². The van der Waals surface area contributed by atoms with Gasteiger partial charge < -0.3 is 25.2 Å². The summed E-state index contributed by atoms with van der Waals surface area (Å²) in [6, 6.07) is 4.58. The van der Waals surface area contributed by atoms with Crippen molar-refractivity contribution in [2.45, 2.75) is 39.3 Å². The Morgan fingerprint density at radius 3 is 2.71 bits per heavy atom. The first-order valence-electron chi connectivity index (χ1n) is 9.22. The quantitative estimate of drug-likeness (QED) is 0.480. The summed E-state index contributed by atoms with van der Waals surface area (Å²) in [5, 5.41) is 5.85. The molecule has 1 aliphatic heterocycles. The Kier molecular flexibility index (Phi) is 6.19. The monoisotopic (exact) mass is 455 g/mol. The summed E-state index contributed by atoms with van der Waals surface area (Å²) in [6.07, 6.45) is 0.146. The number of fused-ring (bicyclic) bond motifs is 1. The number of hydrogen-bond acceptors (Lipinski definition) is 8. The van der Waals surface area contributed by atoms with Crippen LogP contribution in [0.4, 0.5) is 27.5 Å². The van der Waals surface area contributed by atoms with Gasteiger partial charge in [-0.25, -0.2) is 13.9 Å². The van der Waals surface area contributed by atoms with E-state index in [2.05, 4.69) is 25.1 Å². The third-order valence-corrected chi connectivity index (χ3v) is 4.47. The van der Waals surface area contributed by atoms with E-state index in [-0.39, 0.29) is 23.0 Å². The first-order chi connectivity index (χ1) is 14.3.